The van der Waals surface area contributed by atoms with Gasteiger partial charge in [-0.05, 0) is 42.0 Å². The van der Waals surface area contributed by atoms with E-state index in [9.17, 15) is 9.59 Å². The van der Waals surface area contributed by atoms with Gasteiger partial charge in [0, 0.05) is 18.0 Å². The molecule has 1 aromatic carbocycles. The summed E-state index contributed by atoms with van der Waals surface area (Å²) in [6.45, 7) is 3.27. The van der Waals surface area contributed by atoms with Crippen LogP contribution in [0.15, 0.2) is 41.8 Å². The van der Waals surface area contributed by atoms with Gasteiger partial charge in [-0.25, -0.2) is 4.79 Å². The molecule has 0 radical (unpaired) electrons. The molecule has 2 fully saturated rings. The van der Waals surface area contributed by atoms with Gasteiger partial charge in [0.05, 0.1) is 6.54 Å². The maximum Gasteiger partial charge on any atom is 0.348 e. The van der Waals surface area contributed by atoms with Crippen LogP contribution in [0.5, 0.6) is 0 Å². The second kappa shape index (κ2) is 5.74. The molecule has 0 spiro atoms. The fraction of sp³-hybridized carbons (Fsp3) is 0.368. The second-order valence-corrected chi connectivity index (χ2v) is 7.52. The maximum atomic E-state index is 12.7. The molecule has 2 heterocycles. The van der Waals surface area contributed by atoms with Crippen LogP contribution in [0, 0.1) is 5.92 Å². The van der Waals surface area contributed by atoms with E-state index in [1.54, 1.807) is 6.07 Å². The van der Waals surface area contributed by atoms with Crippen molar-refractivity contribution in [3.63, 3.8) is 0 Å². The number of likely N-dealkylation sites (tertiary alicyclic amines) is 1. The van der Waals surface area contributed by atoms with Crippen molar-refractivity contribution in [3.8, 4) is 0 Å². The highest BCUT2D eigenvalue weighted by atomic mass is 32.1. The first-order valence-corrected chi connectivity index (χ1v) is 9.14. The number of aryl methyl sites for hydroxylation is 1. The molecule has 2 unspecified atom stereocenters. The van der Waals surface area contributed by atoms with Crippen molar-refractivity contribution < 1.29 is 14.3 Å². The quantitative estimate of drug-likeness (QED) is 0.801. The van der Waals surface area contributed by atoms with Gasteiger partial charge in [0.15, 0.2) is 0 Å². The summed E-state index contributed by atoms with van der Waals surface area (Å²) in [4.78, 5) is 27.3. The van der Waals surface area contributed by atoms with E-state index in [2.05, 4.69) is 6.92 Å². The summed E-state index contributed by atoms with van der Waals surface area (Å²) in [6.07, 6.45) is 1.82. The Morgan fingerprint density at radius 3 is 2.75 bits per heavy atom. The number of carbonyl (C=O) groups excluding carboxylic acids is 2. The highest BCUT2D eigenvalue weighted by Crippen LogP contribution is 2.53. The van der Waals surface area contributed by atoms with E-state index in [0.717, 1.165) is 12.8 Å². The topological polar surface area (TPSA) is 46.6 Å². The molecule has 1 aliphatic heterocycles. The van der Waals surface area contributed by atoms with E-state index in [-0.39, 0.29) is 17.8 Å². The van der Waals surface area contributed by atoms with E-state index in [4.69, 9.17) is 4.74 Å². The number of piperidine rings is 1. The Bertz CT molecular complexity index is 768. The first kappa shape index (κ1) is 15.4. The predicted molar refractivity (Wildman–Crippen MR) is 92.3 cm³/mol. The van der Waals surface area contributed by atoms with E-state index < -0.39 is 5.60 Å². The van der Waals surface area contributed by atoms with Crippen LogP contribution in [0.25, 0.3) is 0 Å². The number of amides is 1. The SMILES string of the molecule is CCc1ccc(C(=O)N2CC3CC3(OC(=O)c3cccs3)C2)cc1. The standard InChI is InChI=1S/C19H19NO3S/c1-2-13-5-7-14(8-6-13)17(21)20-11-15-10-19(15,12-20)23-18(22)16-4-3-9-24-16/h3-9,15H,2,10-12H2,1H3. The third kappa shape index (κ3) is 2.63. The Labute approximate surface area is 145 Å². The van der Waals surface area contributed by atoms with Crippen LogP contribution >= 0.6 is 11.3 Å². The number of carbonyl (C=O) groups is 2. The lowest BCUT2D eigenvalue weighted by Crippen LogP contribution is -2.35. The van der Waals surface area contributed by atoms with Crippen molar-refractivity contribution in [1.82, 2.24) is 4.90 Å². The molecule has 1 saturated carbocycles. The number of ether oxygens (including phenoxy) is 1. The third-order valence-corrected chi connectivity index (χ3v) is 5.84. The molecule has 4 nitrogen and oxygen atoms in total. The Hall–Kier alpha value is -2.14. The van der Waals surface area contributed by atoms with Crippen molar-refractivity contribution >= 4 is 23.2 Å². The number of esters is 1. The fourth-order valence-corrected chi connectivity index (χ4v) is 4.04. The van der Waals surface area contributed by atoms with Gasteiger partial charge in [-0.1, -0.05) is 25.1 Å². The summed E-state index contributed by atoms with van der Waals surface area (Å²) in [5, 5.41) is 1.86. The maximum absolute atomic E-state index is 12.7. The Morgan fingerprint density at radius 1 is 1.29 bits per heavy atom. The average Bonchev–Trinajstić information content (AvgIpc) is 3.01. The summed E-state index contributed by atoms with van der Waals surface area (Å²) in [5.41, 5.74) is 1.46. The van der Waals surface area contributed by atoms with Gasteiger partial charge in [0.25, 0.3) is 5.91 Å². The molecule has 24 heavy (non-hydrogen) atoms. The van der Waals surface area contributed by atoms with E-state index >= 15 is 0 Å². The van der Waals surface area contributed by atoms with Gasteiger partial charge in [-0.15, -0.1) is 11.3 Å². The average molecular weight is 341 g/mol. The van der Waals surface area contributed by atoms with Crippen molar-refractivity contribution in [1.29, 1.82) is 0 Å². The monoisotopic (exact) mass is 341 g/mol. The molecule has 4 rings (SSSR count). The number of thiophene rings is 1. The summed E-state index contributed by atoms with van der Waals surface area (Å²) < 4.78 is 5.75. The Balaban J connectivity index is 1.43. The summed E-state index contributed by atoms with van der Waals surface area (Å²) in [5.74, 6) is 0.0331. The lowest BCUT2D eigenvalue weighted by Gasteiger charge is -2.21. The van der Waals surface area contributed by atoms with Crippen LogP contribution in [0.1, 0.15) is 38.9 Å². The molecule has 2 aromatic rings. The second-order valence-electron chi connectivity index (χ2n) is 6.57. The zero-order valence-electron chi connectivity index (χ0n) is 13.5. The number of nitrogens with zero attached hydrogens (tertiary/aromatic N) is 1. The first-order valence-electron chi connectivity index (χ1n) is 8.26. The van der Waals surface area contributed by atoms with Crippen LogP contribution in [0.4, 0.5) is 0 Å². The summed E-state index contributed by atoms with van der Waals surface area (Å²) in [6, 6.07) is 11.4. The highest BCUT2D eigenvalue weighted by Gasteiger charge is 2.64. The minimum Gasteiger partial charge on any atom is -0.453 e. The largest absolute Gasteiger partial charge is 0.453 e. The van der Waals surface area contributed by atoms with Crippen molar-refractivity contribution in [2.24, 2.45) is 5.92 Å². The van der Waals surface area contributed by atoms with Crippen LogP contribution in [0.3, 0.4) is 0 Å². The molecule has 0 bridgehead atoms. The highest BCUT2D eigenvalue weighted by molar-refractivity contribution is 7.11. The number of fused-ring (bicyclic) bond motifs is 1. The van der Waals surface area contributed by atoms with Gasteiger partial charge in [0.2, 0.25) is 0 Å². The third-order valence-electron chi connectivity index (χ3n) is 4.99. The van der Waals surface area contributed by atoms with Crippen molar-refractivity contribution in [2.45, 2.75) is 25.4 Å². The molecule has 1 amide bonds. The molecule has 5 heteroatoms. The molecule has 124 valence electrons. The van der Waals surface area contributed by atoms with Gasteiger partial charge in [0.1, 0.15) is 10.5 Å². The normalized spacial score (nSPS) is 24.5. The fourth-order valence-electron chi connectivity index (χ4n) is 3.44. The molecule has 0 N–H and O–H groups in total. The molecular weight excluding hydrogens is 322 g/mol. The molecule has 1 saturated heterocycles. The lowest BCUT2D eigenvalue weighted by atomic mass is 10.1. The number of hydrogen-bond donors (Lipinski definition) is 0. The Morgan fingerprint density at radius 2 is 2.08 bits per heavy atom. The van der Waals surface area contributed by atoms with Crippen molar-refractivity contribution in [3.05, 3.63) is 57.8 Å². The summed E-state index contributed by atoms with van der Waals surface area (Å²) in [7, 11) is 0. The van der Waals surface area contributed by atoms with Crippen LogP contribution < -0.4 is 0 Å². The minimum absolute atomic E-state index is 0.0244. The van der Waals surface area contributed by atoms with Gasteiger partial charge in [-0.2, -0.15) is 0 Å². The van der Waals surface area contributed by atoms with Crippen LogP contribution in [-0.2, 0) is 11.2 Å². The zero-order valence-corrected chi connectivity index (χ0v) is 14.3. The van der Waals surface area contributed by atoms with Crippen LogP contribution in [-0.4, -0.2) is 35.5 Å². The minimum atomic E-state index is -0.458. The zero-order chi connectivity index (χ0) is 16.7. The molecule has 1 aromatic heterocycles. The smallest absolute Gasteiger partial charge is 0.348 e. The molecule has 2 atom stereocenters. The molecule has 1 aliphatic carbocycles. The van der Waals surface area contributed by atoms with Crippen LogP contribution in [0.2, 0.25) is 0 Å². The predicted octanol–water partition coefficient (Wildman–Crippen LogP) is 3.38. The number of benzene rings is 1. The van der Waals surface area contributed by atoms with E-state index in [1.807, 2.05) is 40.6 Å². The van der Waals surface area contributed by atoms with Crippen molar-refractivity contribution in [2.75, 3.05) is 13.1 Å². The first-order chi connectivity index (χ1) is 11.6. The number of rotatable bonds is 4. The lowest BCUT2D eigenvalue weighted by molar-refractivity contribution is 0.0193. The molecule has 2 aliphatic rings. The van der Waals surface area contributed by atoms with Gasteiger partial charge >= 0.3 is 5.97 Å². The summed E-state index contributed by atoms with van der Waals surface area (Å²) >= 11 is 1.38. The van der Waals surface area contributed by atoms with Gasteiger partial charge < -0.3 is 9.64 Å². The van der Waals surface area contributed by atoms with E-state index in [0.29, 0.717) is 23.5 Å². The van der Waals surface area contributed by atoms with E-state index in [1.165, 1.54) is 16.9 Å². The number of hydrogen-bond acceptors (Lipinski definition) is 4. The molecular formula is C19H19NO3S. The van der Waals surface area contributed by atoms with Gasteiger partial charge in [-0.3, -0.25) is 4.79 Å². The Kier molecular flexibility index (Phi) is 3.68.